The van der Waals surface area contributed by atoms with Gasteiger partial charge in [0, 0.05) is 20.6 Å². The van der Waals surface area contributed by atoms with E-state index >= 15 is 0 Å². The first kappa shape index (κ1) is 14.7. The molecular weight excluding hydrogens is 252 g/mol. The molecule has 0 saturated carbocycles. The molecule has 0 bridgehead atoms. The predicted octanol–water partition coefficient (Wildman–Crippen LogP) is 0.946. The summed E-state index contributed by atoms with van der Waals surface area (Å²) in [5, 5.41) is 3.33. The Morgan fingerprint density at radius 3 is 2.83 bits per heavy atom. The lowest BCUT2D eigenvalue weighted by Crippen LogP contribution is -2.27. The molecule has 1 amide bonds. The van der Waals surface area contributed by atoms with Gasteiger partial charge in [0.25, 0.3) is 5.91 Å². The van der Waals surface area contributed by atoms with Crippen LogP contribution in [-0.4, -0.2) is 43.6 Å². The first-order valence-corrected chi connectivity index (χ1v) is 6.54. The summed E-state index contributed by atoms with van der Waals surface area (Å²) in [5.41, 5.74) is 6.15. The fraction of sp³-hybridized carbons (Fsp3) is 0.636. The fourth-order valence-electron chi connectivity index (χ4n) is 1.42. The maximum absolute atomic E-state index is 11.7. The van der Waals surface area contributed by atoms with Gasteiger partial charge in [0.15, 0.2) is 5.82 Å². The van der Waals surface area contributed by atoms with E-state index in [1.54, 1.807) is 7.05 Å². The van der Waals surface area contributed by atoms with Gasteiger partial charge in [-0.25, -0.2) is 0 Å². The molecule has 0 fully saturated rings. The highest BCUT2D eigenvalue weighted by Gasteiger charge is 2.20. The number of rotatable bonds is 6. The van der Waals surface area contributed by atoms with E-state index in [2.05, 4.69) is 9.69 Å². The van der Waals surface area contributed by atoms with E-state index in [4.69, 9.17) is 10.5 Å². The van der Waals surface area contributed by atoms with Crippen LogP contribution in [-0.2, 0) is 4.74 Å². The number of hydrogen-bond donors (Lipinski definition) is 2. The van der Waals surface area contributed by atoms with Crippen LogP contribution in [0, 0.1) is 0 Å². The number of hydrogen-bond acceptors (Lipinski definition) is 6. The van der Waals surface area contributed by atoms with Gasteiger partial charge in [-0.2, -0.15) is 4.37 Å². The van der Waals surface area contributed by atoms with Crippen molar-refractivity contribution >= 4 is 28.3 Å². The number of carbonyl (C=O) groups is 1. The van der Waals surface area contributed by atoms with Crippen LogP contribution in [0.2, 0.25) is 0 Å². The average molecular weight is 272 g/mol. The molecule has 0 aliphatic carbocycles. The Morgan fingerprint density at radius 2 is 2.28 bits per heavy atom. The second kappa shape index (κ2) is 6.55. The predicted molar refractivity (Wildman–Crippen MR) is 74.3 cm³/mol. The Morgan fingerprint density at radius 1 is 1.61 bits per heavy atom. The number of aromatic nitrogens is 1. The lowest BCUT2D eigenvalue weighted by molar-refractivity contribution is 0.0845. The van der Waals surface area contributed by atoms with Crippen molar-refractivity contribution in [1.29, 1.82) is 0 Å². The maximum atomic E-state index is 11.7. The summed E-state index contributed by atoms with van der Waals surface area (Å²) >= 11 is 1.22. The largest absolute Gasteiger partial charge is 0.382 e. The van der Waals surface area contributed by atoms with Gasteiger partial charge in [-0.3, -0.25) is 4.79 Å². The third-order valence-electron chi connectivity index (χ3n) is 2.38. The number of carbonyl (C=O) groups excluding carboxylic acids is 1. The van der Waals surface area contributed by atoms with Gasteiger partial charge in [0.2, 0.25) is 0 Å². The van der Waals surface area contributed by atoms with Crippen molar-refractivity contribution in [3.05, 3.63) is 5.56 Å². The van der Waals surface area contributed by atoms with E-state index in [9.17, 15) is 4.79 Å². The smallest absolute Gasteiger partial charge is 0.257 e. The zero-order valence-corrected chi connectivity index (χ0v) is 12.0. The molecule has 0 aromatic carbocycles. The van der Waals surface area contributed by atoms with Gasteiger partial charge < -0.3 is 20.7 Å². The van der Waals surface area contributed by atoms with Crippen molar-refractivity contribution in [2.24, 2.45) is 0 Å². The van der Waals surface area contributed by atoms with Crippen molar-refractivity contribution in [3.8, 4) is 0 Å². The highest BCUT2D eigenvalue weighted by atomic mass is 32.1. The van der Waals surface area contributed by atoms with Gasteiger partial charge in [-0.15, -0.1) is 0 Å². The Bertz CT molecular complexity index is 406. The summed E-state index contributed by atoms with van der Waals surface area (Å²) in [6.45, 7) is 5.25. The van der Waals surface area contributed by atoms with Crippen LogP contribution in [0.5, 0.6) is 0 Å². The first-order chi connectivity index (χ1) is 8.47. The highest BCUT2D eigenvalue weighted by molar-refractivity contribution is 7.11. The third kappa shape index (κ3) is 3.58. The quantitative estimate of drug-likeness (QED) is 0.806. The normalized spacial score (nSPS) is 10.7. The molecule has 1 aromatic rings. The van der Waals surface area contributed by atoms with E-state index in [0.717, 1.165) is 5.00 Å². The minimum atomic E-state index is -0.215. The molecule has 0 atom stereocenters. The molecule has 0 aliphatic rings. The Labute approximate surface area is 111 Å². The van der Waals surface area contributed by atoms with Crippen molar-refractivity contribution < 1.29 is 9.53 Å². The molecule has 0 spiro atoms. The van der Waals surface area contributed by atoms with Crippen molar-refractivity contribution in [2.45, 2.75) is 20.0 Å². The molecule has 1 rings (SSSR count). The molecule has 0 aliphatic heterocycles. The molecule has 18 heavy (non-hydrogen) atoms. The van der Waals surface area contributed by atoms with Gasteiger partial charge in [0.05, 0.1) is 12.7 Å². The number of nitrogen functional groups attached to an aromatic ring is 1. The molecule has 102 valence electrons. The van der Waals surface area contributed by atoms with E-state index in [-0.39, 0.29) is 17.8 Å². The molecule has 7 heteroatoms. The Hall–Kier alpha value is -1.34. The molecular formula is C11H20N4O2S. The van der Waals surface area contributed by atoms with Crippen molar-refractivity contribution in [3.63, 3.8) is 0 Å². The minimum absolute atomic E-state index is 0.198. The average Bonchev–Trinajstić information content (AvgIpc) is 2.69. The summed E-state index contributed by atoms with van der Waals surface area (Å²) in [5.74, 6) is 0.0545. The maximum Gasteiger partial charge on any atom is 0.257 e. The van der Waals surface area contributed by atoms with E-state index < -0.39 is 0 Å². The summed E-state index contributed by atoms with van der Waals surface area (Å²) < 4.78 is 9.50. The molecule has 0 radical (unpaired) electrons. The topological polar surface area (TPSA) is 80.5 Å². The summed E-state index contributed by atoms with van der Waals surface area (Å²) in [7, 11) is 3.47. The zero-order valence-electron chi connectivity index (χ0n) is 11.2. The lowest BCUT2D eigenvalue weighted by atomic mass is 10.3. The van der Waals surface area contributed by atoms with E-state index in [1.807, 2.05) is 25.8 Å². The number of ether oxygens (including phenoxy) is 1. The number of nitrogens with zero attached hydrogens (tertiary/aromatic N) is 2. The standard InChI is InChI=1S/C11H20N4O2S/c1-7(2)17-6-5-15(4)11-8(10(16)13-3)9(12)14-18-11/h7H,5-6H2,1-4H3,(H2,12,14)(H,13,16). The lowest BCUT2D eigenvalue weighted by Gasteiger charge is -2.19. The van der Waals surface area contributed by atoms with Crippen LogP contribution in [0.1, 0.15) is 24.2 Å². The van der Waals surface area contributed by atoms with Crippen LogP contribution >= 0.6 is 11.5 Å². The van der Waals surface area contributed by atoms with Crippen LogP contribution in [0.25, 0.3) is 0 Å². The van der Waals surface area contributed by atoms with Crippen LogP contribution in [0.4, 0.5) is 10.8 Å². The number of nitrogens with two attached hydrogens (primary N) is 1. The SMILES string of the molecule is CNC(=O)c1c(N)nsc1N(C)CCOC(C)C. The van der Waals surface area contributed by atoms with E-state index in [1.165, 1.54) is 11.5 Å². The summed E-state index contributed by atoms with van der Waals surface area (Å²) in [4.78, 5) is 13.7. The van der Waals surface area contributed by atoms with Gasteiger partial charge >= 0.3 is 0 Å². The number of anilines is 2. The summed E-state index contributed by atoms with van der Waals surface area (Å²) in [6.07, 6.45) is 0.198. The molecule has 3 N–H and O–H groups in total. The number of likely N-dealkylation sites (N-methyl/N-ethyl adjacent to an activating group) is 1. The molecule has 0 saturated heterocycles. The van der Waals surface area contributed by atoms with Gasteiger partial charge in [0.1, 0.15) is 10.6 Å². The van der Waals surface area contributed by atoms with Crippen LogP contribution < -0.4 is 16.0 Å². The fourth-order valence-corrected chi connectivity index (χ4v) is 2.21. The van der Waals surface area contributed by atoms with Crippen LogP contribution in [0.3, 0.4) is 0 Å². The van der Waals surface area contributed by atoms with Crippen molar-refractivity contribution in [1.82, 2.24) is 9.69 Å². The number of nitrogens with one attached hydrogen (secondary N) is 1. The molecule has 1 heterocycles. The Balaban J connectivity index is 2.73. The zero-order chi connectivity index (χ0) is 13.7. The molecule has 1 aromatic heterocycles. The first-order valence-electron chi connectivity index (χ1n) is 5.77. The van der Waals surface area contributed by atoms with Gasteiger partial charge in [-0.1, -0.05) is 0 Å². The van der Waals surface area contributed by atoms with Gasteiger partial charge in [-0.05, 0) is 25.4 Å². The molecule has 6 nitrogen and oxygen atoms in total. The third-order valence-corrected chi connectivity index (χ3v) is 3.36. The summed E-state index contributed by atoms with van der Waals surface area (Å²) in [6, 6.07) is 0. The second-order valence-corrected chi connectivity index (χ2v) is 4.92. The van der Waals surface area contributed by atoms with Crippen molar-refractivity contribution in [2.75, 3.05) is 37.9 Å². The molecule has 0 unspecified atom stereocenters. The second-order valence-electron chi connectivity index (χ2n) is 4.17. The minimum Gasteiger partial charge on any atom is -0.382 e. The Kier molecular flexibility index (Phi) is 5.36. The highest BCUT2D eigenvalue weighted by Crippen LogP contribution is 2.29. The van der Waals surface area contributed by atoms with E-state index in [0.29, 0.717) is 18.7 Å². The monoisotopic (exact) mass is 272 g/mol. The van der Waals surface area contributed by atoms with Crippen LogP contribution in [0.15, 0.2) is 0 Å². The number of amides is 1.